The summed E-state index contributed by atoms with van der Waals surface area (Å²) in [6, 6.07) is 5.45. The van der Waals surface area contributed by atoms with E-state index >= 15 is 0 Å². The number of hydrogen-bond acceptors (Lipinski definition) is 5. The molecule has 2 fully saturated rings. The van der Waals surface area contributed by atoms with Gasteiger partial charge < -0.3 is 14.6 Å². The van der Waals surface area contributed by atoms with Gasteiger partial charge in [0.05, 0.1) is 6.33 Å². The lowest BCUT2D eigenvalue weighted by molar-refractivity contribution is -0.274. The van der Waals surface area contributed by atoms with Gasteiger partial charge in [-0.2, -0.15) is 4.31 Å². The molecule has 2 aromatic rings. The Bertz CT molecular complexity index is 1030. The first-order valence-corrected chi connectivity index (χ1v) is 12.2. The largest absolute Gasteiger partial charge is 0.573 e. The minimum absolute atomic E-state index is 0.00335. The van der Waals surface area contributed by atoms with E-state index < -0.39 is 16.4 Å². The Kier molecular flexibility index (Phi) is 6.39. The summed E-state index contributed by atoms with van der Waals surface area (Å²) in [5.41, 5.74) is 0.467. The number of alkyl halides is 3. The first-order chi connectivity index (χ1) is 15.1. The zero-order valence-electron chi connectivity index (χ0n) is 17.8. The smallest absolute Gasteiger partial charge is 0.406 e. The molecule has 1 saturated carbocycles. The summed E-state index contributed by atoms with van der Waals surface area (Å²) in [6.45, 7) is 0.588. The number of ether oxygens (including phenoxy) is 1. The lowest BCUT2D eigenvalue weighted by Gasteiger charge is -2.31. The molecule has 176 valence electrons. The molecule has 1 saturated heterocycles. The van der Waals surface area contributed by atoms with E-state index in [4.69, 9.17) is 0 Å². The van der Waals surface area contributed by atoms with Crippen molar-refractivity contribution in [2.75, 3.05) is 18.4 Å². The number of halogens is 3. The first-order valence-electron chi connectivity index (χ1n) is 10.7. The van der Waals surface area contributed by atoms with Crippen molar-refractivity contribution in [2.24, 2.45) is 18.9 Å². The van der Waals surface area contributed by atoms with Crippen LogP contribution in [0.15, 0.2) is 41.8 Å². The van der Waals surface area contributed by atoms with Crippen LogP contribution in [-0.2, 0) is 17.1 Å². The molecule has 2 atom stereocenters. The number of benzene rings is 1. The Hall–Kier alpha value is -2.27. The van der Waals surface area contributed by atoms with E-state index in [0.29, 0.717) is 18.2 Å². The molecular weight excluding hydrogens is 445 g/mol. The second-order valence-corrected chi connectivity index (χ2v) is 10.5. The third-order valence-corrected chi connectivity index (χ3v) is 8.01. The third-order valence-electron chi connectivity index (χ3n) is 6.29. The lowest BCUT2D eigenvalue weighted by Crippen LogP contribution is -2.34. The van der Waals surface area contributed by atoms with Gasteiger partial charge in [-0.25, -0.2) is 13.4 Å². The summed E-state index contributed by atoms with van der Waals surface area (Å²) in [6.07, 6.45) is 3.59. The molecule has 2 aliphatic rings. The molecule has 32 heavy (non-hydrogen) atoms. The van der Waals surface area contributed by atoms with Crippen molar-refractivity contribution in [1.29, 1.82) is 0 Å². The zero-order chi connectivity index (χ0) is 22.9. The number of sulfonamides is 1. The van der Waals surface area contributed by atoms with Crippen molar-refractivity contribution in [1.82, 2.24) is 13.9 Å². The Balaban J connectivity index is 1.56. The molecule has 0 spiro atoms. The third kappa shape index (κ3) is 5.20. The summed E-state index contributed by atoms with van der Waals surface area (Å²) < 4.78 is 71.2. The van der Waals surface area contributed by atoms with Gasteiger partial charge in [-0.05, 0) is 24.0 Å². The van der Waals surface area contributed by atoms with Crippen LogP contribution in [0.2, 0.25) is 0 Å². The van der Waals surface area contributed by atoms with Crippen LogP contribution in [0.25, 0.3) is 0 Å². The molecule has 0 bridgehead atoms. The molecular formula is C21H27F3N4O3S. The van der Waals surface area contributed by atoms with Gasteiger partial charge in [-0.1, -0.05) is 38.2 Å². The molecule has 11 heteroatoms. The Labute approximate surface area is 185 Å². The minimum atomic E-state index is -4.77. The van der Waals surface area contributed by atoms with E-state index in [2.05, 4.69) is 15.0 Å². The Morgan fingerprint density at radius 1 is 1.16 bits per heavy atom. The quantitative estimate of drug-likeness (QED) is 0.688. The second kappa shape index (κ2) is 8.93. The Morgan fingerprint density at radius 3 is 2.56 bits per heavy atom. The predicted molar refractivity (Wildman–Crippen MR) is 113 cm³/mol. The number of rotatable bonds is 6. The van der Waals surface area contributed by atoms with Crippen molar-refractivity contribution >= 4 is 15.7 Å². The average Bonchev–Trinajstić information content (AvgIpc) is 3.35. The maximum absolute atomic E-state index is 13.2. The van der Waals surface area contributed by atoms with Gasteiger partial charge in [0.1, 0.15) is 5.75 Å². The maximum atomic E-state index is 13.2. The molecule has 1 aliphatic heterocycles. The molecule has 4 rings (SSSR count). The van der Waals surface area contributed by atoms with Crippen molar-refractivity contribution in [3.63, 3.8) is 0 Å². The monoisotopic (exact) mass is 472 g/mol. The van der Waals surface area contributed by atoms with E-state index in [-0.39, 0.29) is 29.3 Å². The summed E-state index contributed by atoms with van der Waals surface area (Å²) in [5.74, 6) is 0.105. The summed E-state index contributed by atoms with van der Waals surface area (Å²) in [5, 5.41) is 3.30. The summed E-state index contributed by atoms with van der Waals surface area (Å²) in [4.78, 5) is 4.01. The fraction of sp³-hybridized carbons (Fsp3) is 0.571. The maximum Gasteiger partial charge on any atom is 0.573 e. The van der Waals surface area contributed by atoms with Gasteiger partial charge in [-0.15, -0.1) is 13.2 Å². The van der Waals surface area contributed by atoms with E-state index in [1.54, 1.807) is 17.7 Å². The Morgan fingerprint density at radius 2 is 1.91 bits per heavy atom. The van der Waals surface area contributed by atoms with Crippen LogP contribution in [0.5, 0.6) is 5.75 Å². The summed E-state index contributed by atoms with van der Waals surface area (Å²) in [7, 11) is -2.05. The molecule has 0 amide bonds. The van der Waals surface area contributed by atoms with Gasteiger partial charge in [0, 0.05) is 44.1 Å². The highest BCUT2D eigenvalue weighted by molar-refractivity contribution is 7.89. The topological polar surface area (TPSA) is 76.5 Å². The van der Waals surface area contributed by atoms with Crippen molar-refractivity contribution < 1.29 is 26.3 Å². The van der Waals surface area contributed by atoms with Crippen molar-refractivity contribution in [2.45, 2.75) is 49.5 Å². The highest BCUT2D eigenvalue weighted by atomic mass is 32.2. The van der Waals surface area contributed by atoms with Gasteiger partial charge in [0.2, 0.25) is 0 Å². The number of nitrogens with one attached hydrogen (secondary N) is 1. The number of aromatic nitrogens is 2. The van der Waals surface area contributed by atoms with Gasteiger partial charge in [0.15, 0.2) is 5.03 Å². The molecule has 7 nitrogen and oxygen atoms in total. The van der Waals surface area contributed by atoms with Crippen LogP contribution in [0, 0.1) is 11.8 Å². The average molecular weight is 473 g/mol. The van der Waals surface area contributed by atoms with Crippen LogP contribution in [0.3, 0.4) is 0 Å². The van der Waals surface area contributed by atoms with E-state index in [1.165, 1.54) is 41.4 Å². The predicted octanol–water partition coefficient (Wildman–Crippen LogP) is 4.00. The number of hydrogen-bond donors (Lipinski definition) is 1. The van der Waals surface area contributed by atoms with E-state index in [0.717, 1.165) is 25.7 Å². The van der Waals surface area contributed by atoms with Crippen LogP contribution >= 0.6 is 0 Å². The second-order valence-electron chi connectivity index (χ2n) is 8.59. The SMILES string of the molecule is Cn1cnc(S(=O)(=O)N2C[C@H](Nc3cccc(OC(F)(F)F)c3)[C@@H](C3CCCCC3)C2)c1. The standard InChI is InChI=1S/C21H27F3N4O3S/c1-27-13-20(25-14-27)32(29,30)28-11-18(15-6-3-2-4-7-15)19(12-28)26-16-8-5-9-17(10-16)31-21(22,23)24/h5,8-10,13-15,18-19,26H,2-4,6-7,11-12H2,1H3/t18-,19+/m1/s1. The van der Waals surface area contributed by atoms with Gasteiger partial charge in [0.25, 0.3) is 10.0 Å². The fourth-order valence-corrected chi connectivity index (χ4v) is 6.30. The summed E-state index contributed by atoms with van der Waals surface area (Å²) >= 11 is 0. The number of imidazole rings is 1. The molecule has 2 heterocycles. The lowest BCUT2D eigenvalue weighted by atomic mass is 9.78. The van der Waals surface area contributed by atoms with Crippen molar-refractivity contribution in [3.8, 4) is 5.75 Å². The van der Waals surface area contributed by atoms with Gasteiger partial charge in [-0.3, -0.25) is 0 Å². The molecule has 1 aromatic carbocycles. The minimum Gasteiger partial charge on any atom is -0.406 e. The fourth-order valence-electron chi connectivity index (χ4n) is 4.83. The molecule has 0 radical (unpaired) electrons. The van der Waals surface area contributed by atoms with Crippen molar-refractivity contribution in [3.05, 3.63) is 36.8 Å². The number of nitrogens with zero attached hydrogens (tertiary/aromatic N) is 3. The van der Waals surface area contributed by atoms with Crippen LogP contribution in [-0.4, -0.2) is 47.8 Å². The van der Waals surface area contributed by atoms with Gasteiger partial charge >= 0.3 is 6.36 Å². The molecule has 1 aromatic heterocycles. The number of anilines is 1. The highest BCUT2D eigenvalue weighted by Gasteiger charge is 2.43. The van der Waals surface area contributed by atoms with Crippen LogP contribution in [0.4, 0.5) is 18.9 Å². The van der Waals surface area contributed by atoms with E-state index in [1.807, 2.05) is 0 Å². The number of aryl methyl sites for hydroxylation is 1. The highest BCUT2D eigenvalue weighted by Crippen LogP contribution is 2.38. The first kappa shape index (κ1) is 22.9. The molecule has 0 unspecified atom stereocenters. The normalized spacial score (nSPS) is 23.4. The van der Waals surface area contributed by atoms with Crippen LogP contribution in [0.1, 0.15) is 32.1 Å². The molecule has 1 N–H and O–H groups in total. The zero-order valence-corrected chi connectivity index (χ0v) is 18.6. The molecule has 1 aliphatic carbocycles. The van der Waals surface area contributed by atoms with Crippen LogP contribution < -0.4 is 10.1 Å². The van der Waals surface area contributed by atoms with E-state index in [9.17, 15) is 21.6 Å².